The van der Waals surface area contributed by atoms with Gasteiger partial charge in [-0.05, 0) is 56.6 Å². The summed E-state index contributed by atoms with van der Waals surface area (Å²) in [5, 5.41) is 12.2. The van der Waals surface area contributed by atoms with E-state index in [0.717, 1.165) is 25.7 Å². The zero-order valence-corrected chi connectivity index (χ0v) is 13.2. The highest BCUT2D eigenvalue weighted by Gasteiger charge is 2.37. The Morgan fingerprint density at radius 2 is 2.17 bits per heavy atom. The number of aliphatic hydroxyl groups excluding tert-OH is 1. The van der Waals surface area contributed by atoms with Crippen molar-refractivity contribution in [2.45, 2.75) is 50.6 Å². The average Bonchev–Trinajstić information content (AvgIpc) is 3.28. The molecule has 1 aromatic heterocycles. The number of furan rings is 1. The van der Waals surface area contributed by atoms with Crippen LogP contribution in [0.25, 0.3) is 0 Å². The minimum atomic E-state index is -0.443. The molecule has 6 nitrogen and oxygen atoms in total. The second-order valence-corrected chi connectivity index (χ2v) is 6.45. The van der Waals surface area contributed by atoms with Gasteiger partial charge in [0.25, 0.3) is 5.91 Å². The summed E-state index contributed by atoms with van der Waals surface area (Å²) >= 11 is 0. The summed E-state index contributed by atoms with van der Waals surface area (Å²) in [6.07, 6.45) is 6.77. The van der Waals surface area contributed by atoms with Gasteiger partial charge >= 0.3 is 0 Å². The van der Waals surface area contributed by atoms with Gasteiger partial charge in [-0.1, -0.05) is 0 Å². The number of piperidine rings is 1. The summed E-state index contributed by atoms with van der Waals surface area (Å²) in [7, 11) is 0. The van der Waals surface area contributed by atoms with Gasteiger partial charge in [0.1, 0.15) is 6.04 Å². The van der Waals surface area contributed by atoms with E-state index in [1.54, 1.807) is 17.0 Å². The van der Waals surface area contributed by atoms with Crippen LogP contribution in [0.2, 0.25) is 0 Å². The van der Waals surface area contributed by atoms with E-state index in [4.69, 9.17) is 4.42 Å². The summed E-state index contributed by atoms with van der Waals surface area (Å²) in [4.78, 5) is 26.9. The minimum Gasteiger partial charge on any atom is -0.459 e. The fraction of sp³-hybridized carbons (Fsp3) is 0.647. The fourth-order valence-electron chi connectivity index (χ4n) is 3.33. The van der Waals surface area contributed by atoms with E-state index >= 15 is 0 Å². The highest BCUT2D eigenvalue weighted by molar-refractivity contribution is 5.95. The van der Waals surface area contributed by atoms with Crippen molar-refractivity contribution in [2.75, 3.05) is 13.2 Å². The van der Waals surface area contributed by atoms with E-state index in [9.17, 15) is 14.7 Å². The van der Waals surface area contributed by atoms with Gasteiger partial charge in [-0.15, -0.1) is 0 Å². The molecule has 0 aromatic carbocycles. The third-order valence-corrected chi connectivity index (χ3v) is 4.76. The van der Waals surface area contributed by atoms with Crippen LogP contribution in [0, 0.1) is 5.92 Å². The topological polar surface area (TPSA) is 82.8 Å². The first-order chi connectivity index (χ1) is 11.2. The average molecular weight is 320 g/mol. The van der Waals surface area contributed by atoms with Crippen molar-refractivity contribution in [2.24, 2.45) is 5.92 Å². The summed E-state index contributed by atoms with van der Waals surface area (Å²) in [5.41, 5.74) is 0. The van der Waals surface area contributed by atoms with Gasteiger partial charge in [0.2, 0.25) is 5.91 Å². The predicted octanol–water partition coefficient (Wildman–Crippen LogP) is 1.55. The van der Waals surface area contributed by atoms with Crippen molar-refractivity contribution in [1.29, 1.82) is 0 Å². The Bertz CT molecular complexity index is 539. The highest BCUT2D eigenvalue weighted by atomic mass is 16.3. The molecule has 2 aliphatic rings. The van der Waals surface area contributed by atoms with Gasteiger partial charge in [0, 0.05) is 19.2 Å². The molecule has 1 aromatic rings. The third-order valence-electron chi connectivity index (χ3n) is 4.76. The molecule has 0 spiro atoms. The molecular formula is C17H24N2O4. The van der Waals surface area contributed by atoms with E-state index in [0.29, 0.717) is 25.3 Å². The maximum atomic E-state index is 12.7. The summed E-state index contributed by atoms with van der Waals surface area (Å²) in [6.45, 7) is 0.646. The van der Waals surface area contributed by atoms with Crippen LogP contribution >= 0.6 is 0 Å². The maximum Gasteiger partial charge on any atom is 0.290 e. The van der Waals surface area contributed by atoms with Crippen molar-refractivity contribution in [3.05, 3.63) is 24.2 Å². The van der Waals surface area contributed by atoms with E-state index in [1.165, 1.54) is 6.26 Å². The van der Waals surface area contributed by atoms with E-state index < -0.39 is 6.04 Å². The molecule has 1 saturated carbocycles. The number of carbonyl (C=O) groups is 2. The molecular weight excluding hydrogens is 296 g/mol. The minimum absolute atomic E-state index is 0.0231. The third kappa shape index (κ3) is 3.75. The largest absolute Gasteiger partial charge is 0.459 e. The molecule has 23 heavy (non-hydrogen) atoms. The summed E-state index contributed by atoms with van der Waals surface area (Å²) in [5.74, 6) is 0.428. The van der Waals surface area contributed by atoms with Crippen molar-refractivity contribution in [3.8, 4) is 0 Å². The molecule has 1 saturated heterocycles. The molecule has 1 aliphatic carbocycles. The number of rotatable bonds is 6. The number of likely N-dealkylation sites (tertiary alicyclic amines) is 1. The first-order valence-electron chi connectivity index (χ1n) is 8.46. The molecule has 2 heterocycles. The van der Waals surface area contributed by atoms with Crippen molar-refractivity contribution >= 4 is 11.8 Å². The van der Waals surface area contributed by atoms with Crippen LogP contribution in [-0.4, -0.2) is 47.1 Å². The van der Waals surface area contributed by atoms with Gasteiger partial charge in [-0.2, -0.15) is 0 Å². The molecule has 3 rings (SSSR count). The normalized spacial score (nSPS) is 22.7. The molecule has 0 bridgehead atoms. The molecule has 0 radical (unpaired) electrons. The quantitative estimate of drug-likeness (QED) is 0.833. The van der Waals surface area contributed by atoms with E-state index in [1.807, 2.05) is 0 Å². The molecule has 6 heteroatoms. The highest BCUT2D eigenvalue weighted by Crippen LogP contribution is 2.34. The lowest BCUT2D eigenvalue weighted by molar-refractivity contribution is -0.127. The van der Waals surface area contributed by atoms with Gasteiger partial charge in [-0.3, -0.25) is 9.59 Å². The van der Waals surface area contributed by atoms with Crippen LogP contribution in [0.5, 0.6) is 0 Å². The van der Waals surface area contributed by atoms with Crippen LogP contribution in [0.15, 0.2) is 22.8 Å². The van der Waals surface area contributed by atoms with Gasteiger partial charge in [0.05, 0.1) is 6.26 Å². The number of nitrogens with one attached hydrogen (secondary N) is 1. The molecule has 2 N–H and O–H groups in total. The predicted molar refractivity (Wildman–Crippen MR) is 83.7 cm³/mol. The molecule has 2 atom stereocenters. The van der Waals surface area contributed by atoms with Crippen LogP contribution < -0.4 is 5.32 Å². The zero-order chi connectivity index (χ0) is 16.2. The lowest BCUT2D eigenvalue weighted by Gasteiger charge is -2.35. The van der Waals surface area contributed by atoms with Crippen molar-refractivity contribution in [1.82, 2.24) is 10.2 Å². The Morgan fingerprint density at radius 1 is 1.35 bits per heavy atom. The zero-order valence-electron chi connectivity index (χ0n) is 13.2. The first-order valence-corrected chi connectivity index (χ1v) is 8.46. The summed E-state index contributed by atoms with van der Waals surface area (Å²) in [6, 6.07) is 2.89. The molecule has 126 valence electrons. The Kier molecular flexibility index (Phi) is 5.00. The molecule has 2 unspecified atom stereocenters. The second-order valence-electron chi connectivity index (χ2n) is 6.45. The number of hydrogen-bond donors (Lipinski definition) is 2. The second kappa shape index (κ2) is 7.17. The summed E-state index contributed by atoms with van der Waals surface area (Å²) < 4.78 is 5.19. The Labute approximate surface area is 135 Å². The van der Waals surface area contributed by atoms with Crippen LogP contribution in [0.3, 0.4) is 0 Å². The Hall–Kier alpha value is -1.82. The number of aliphatic hydroxyl groups is 1. The lowest BCUT2D eigenvalue weighted by atomic mass is 9.99. The van der Waals surface area contributed by atoms with Crippen LogP contribution in [-0.2, 0) is 4.79 Å². The SMILES string of the molecule is O=C(NC(CCO)C1CC1)C1CCCCN1C(=O)c1ccco1. The van der Waals surface area contributed by atoms with Crippen molar-refractivity contribution < 1.29 is 19.1 Å². The lowest BCUT2D eigenvalue weighted by Crippen LogP contribution is -2.54. The first kappa shape index (κ1) is 16.1. The monoisotopic (exact) mass is 320 g/mol. The smallest absolute Gasteiger partial charge is 0.290 e. The molecule has 2 amide bonds. The standard InChI is InChI=1S/C17H24N2O4/c20-10-8-13(12-6-7-12)18-16(21)14-4-1-2-9-19(14)17(22)15-5-3-11-23-15/h3,5,11-14,20H,1-2,4,6-10H2,(H,18,21). The molecule has 1 aliphatic heterocycles. The number of carbonyl (C=O) groups excluding carboxylic acids is 2. The number of amides is 2. The number of nitrogens with zero attached hydrogens (tertiary/aromatic N) is 1. The number of hydrogen-bond acceptors (Lipinski definition) is 4. The van der Waals surface area contributed by atoms with Gasteiger partial charge < -0.3 is 19.7 Å². The van der Waals surface area contributed by atoms with Gasteiger partial charge in [-0.25, -0.2) is 0 Å². The van der Waals surface area contributed by atoms with Crippen LogP contribution in [0.4, 0.5) is 0 Å². The molecule has 2 fully saturated rings. The Balaban J connectivity index is 1.67. The van der Waals surface area contributed by atoms with Crippen molar-refractivity contribution in [3.63, 3.8) is 0 Å². The Morgan fingerprint density at radius 3 is 2.83 bits per heavy atom. The maximum absolute atomic E-state index is 12.7. The fourth-order valence-corrected chi connectivity index (χ4v) is 3.33. The van der Waals surface area contributed by atoms with E-state index in [2.05, 4.69) is 5.32 Å². The van der Waals surface area contributed by atoms with Gasteiger partial charge in [0.15, 0.2) is 5.76 Å². The van der Waals surface area contributed by atoms with Crippen LogP contribution in [0.1, 0.15) is 49.1 Å². The van der Waals surface area contributed by atoms with E-state index in [-0.39, 0.29) is 30.2 Å².